The van der Waals surface area contributed by atoms with Crippen LogP contribution in [0.2, 0.25) is 0 Å². The first-order chi connectivity index (χ1) is 9.81. The average molecular weight is 270 g/mol. The summed E-state index contributed by atoms with van der Waals surface area (Å²) in [4.78, 5) is 7.10. The van der Waals surface area contributed by atoms with E-state index in [1.165, 1.54) is 25.7 Å². The van der Waals surface area contributed by atoms with Crippen LogP contribution < -0.4 is 4.90 Å². The molecular weight excluding hydrogens is 248 g/mol. The molecule has 1 atom stereocenters. The Balaban J connectivity index is 2.11. The lowest BCUT2D eigenvalue weighted by molar-refractivity contribution is 0.283. The van der Waals surface area contributed by atoms with Crippen LogP contribution in [0, 0.1) is 0 Å². The number of aliphatic hydroxyl groups is 1. The van der Waals surface area contributed by atoms with Crippen LogP contribution in [0.25, 0.3) is 10.8 Å². The number of aliphatic hydroxyl groups excluding tert-OH is 1. The van der Waals surface area contributed by atoms with Gasteiger partial charge in [0.1, 0.15) is 5.82 Å². The number of hydrogen-bond donors (Lipinski definition) is 1. The monoisotopic (exact) mass is 270 g/mol. The normalized spacial score (nSPS) is 20.1. The average Bonchev–Trinajstić information content (AvgIpc) is 2.71. The van der Waals surface area contributed by atoms with Crippen LogP contribution in [0.5, 0.6) is 0 Å². The molecule has 1 aromatic carbocycles. The first-order valence-corrected chi connectivity index (χ1v) is 7.55. The summed E-state index contributed by atoms with van der Waals surface area (Å²) in [5.41, 5.74) is 0.909. The highest BCUT2D eigenvalue weighted by atomic mass is 16.3. The summed E-state index contributed by atoms with van der Waals surface area (Å²) >= 11 is 0. The molecule has 3 nitrogen and oxygen atoms in total. The summed E-state index contributed by atoms with van der Waals surface area (Å²) in [6.45, 7) is 3.42. The van der Waals surface area contributed by atoms with Gasteiger partial charge in [0.2, 0.25) is 0 Å². The molecule has 0 amide bonds. The Hall–Kier alpha value is -1.61. The third-order valence-corrected chi connectivity index (χ3v) is 4.35. The van der Waals surface area contributed by atoms with Gasteiger partial charge in [0, 0.05) is 29.7 Å². The maximum atomic E-state index is 9.48. The number of anilines is 1. The van der Waals surface area contributed by atoms with Gasteiger partial charge in [-0.05, 0) is 25.2 Å². The van der Waals surface area contributed by atoms with E-state index in [1.54, 1.807) is 0 Å². The molecule has 0 bridgehead atoms. The fraction of sp³-hybridized carbons (Fsp3) is 0.471. The van der Waals surface area contributed by atoms with E-state index >= 15 is 0 Å². The lowest BCUT2D eigenvalue weighted by Crippen LogP contribution is -2.33. The van der Waals surface area contributed by atoms with E-state index in [9.17, 15) is 5.11 Å². The van der Waals surface area contributed by atoms with Gasteiger partial charge in [-0.3, -0.25) is 0 Å². The van der Waals surface area contributed by atoms with Crippen molar-refractivity contribution in [3.63, 3.8) is 0 Å². The molecule has 106 valence electrons. The summed E-state index contributed by atoms with van der Waals surface area (Å²) in [5.74, 6) is 1.08. The third-order valence-electron chi connectivity index (χ3n) is 4.35. The minimum atomic E-state index is 0.0450. The predicted octanol–water partition coefficient (Wildman–Crippen LogP) is 3.50. The van der Waals surface area contributed by atoms with Gasteiger partial charge in [0.15, 0.2) is 0 Å². The Bertz CT molecular complexity index is 597. The van der Waals surface area contributed by atoms with Gasteiger partial charge in [-0.2, -0.15) is 0 Å². The summed E-state index contributed by atoms with van der Waals surface area (Å²) in [6, 6.07) is 8.81. The molecular formula is C17H22N2O. The molecule has 3 heteroatoms. The summed E-state index contributed by atoms with van der Waals surface area (Å²) in [5, 5.41) is 11.8. The van der Waals surface area contributed by atoms with E-state index in [-0.39, 0.29) is 6.61 Å². The second-order valence-corrected chi connectivity index (χ2v) is 5.70. The van der Waals surface area contributed by atoms with Crippen LogP contribution in [0.4, 0.5) is 5.82 Å². The van der Waals surface area contributed by atoms with E-state index in [4.69, 9.17) is 0 Å². The second-order valence-electron chi connectivity index (χ2n) is 5.70. The van der Waals surface area contributed by atoms with Crippen molar-refractivity contribution in [2.75, 3.05) is 11.4 Å². The van der Waals surface area contributed by atoms with Crippen LogP contribution in [-0.4, -0.2) is 22.7 Å². The topological polar surface area (TPSA) is 36.4 Å². The van der Waals surface area contributed by atoms with Crippen LogP contribution >= 0.6 is 0 Å². The van der Waals surface area contributed by atoms with Crippen molar-refractivity contribution in [1.82, 2.24) is 4.98 Å². The molecule has 0 radical (unpaired) electrons. The zero-order valence-corrected chi connectivity index (χ0v) is 12.0. The molecule has 1 N–H and O–H groups in total. The van der Waals surface area contributed by atoms with Crippen molar-refractivity contribution in [2.45, 2.75) is 45.3 Å². The minimum Gasteiger partial charge on any atom is -0.392 e. The molecule has 1 saturated heterocycles. The molecule has 1 unspecified atom stereocenters. The molecule has 0 spiro atoms. The van der Waals surface area contributed by atoms with Crippen molar-refractivity contribution in [3.05, 3.63) is 36.0 Å². The van der Waals surface area contributed by atoms with E-state index < -0.39 is 0 Å². The largest absolute Gasteiger partial charge is 0.392 e. The first kappa shape index (κ1) is 13.4. The van der Waals surface area contributed by atoms with E-state index in [1.807, 2.05) is 12.3 Å². The highest BCUT2D eigenvalue weighted by molar-refractivity contribution is 5.94. The molecule has 20 heavy (non-hydrogen) atoms. The lowest BCUT2D eigenvalue weighted by Gasteiger charge is -2.29. The standard InChI is InChI=1S/C17H22N2O/c1-13-7-3-2-6-10-19(13)17-16-9-5-4-8-15(16)14(12-20)11-18-17/h4-5,8-9,11,13,20H,2-3,6-7,10,12H2,1H3. The molecule has 0 aliphatic carbocycles. The molecule has 2 aromatic rings. The number of aromatic nitrogens is 1. The van der Waals surface area contributed by atoms with Crippen molar-refractivity contribution in [1.29, 1.82) is 0 Å². The predicted molar refractivity (Wildman–Crippen MR) is 82.9 cm³/mol. The van der Waals surface area contributed by atoms with E-state index in [2.05, 4.69) is 35.0 Å². The Morgan fingerprint density at radius 3 is 2.80 bits per heavy atom. The van der Waals surface area contributed by atoms with E-state index in [0.29, 0.717) is 6.04 Å². The van der Waals surface area contributed by atoms with Gasteiger partial charge in [0.25, 0.3) is 0 Å². The Kier molecular flexibility index (Phi) is 3.88. The second kappa shape index (κ2) is 5.80. The summed E-state index contributed by atoms with van der Waals surface area (Å²) in [7, 11) is 0. The first-order valence-electron chi connectivity index (χ1n) is 7.55. The number of hydrogen-bond acceptors (Lipinski definition) is 3. The molecule has 1 fully saturated rings. The van der Waals surface area contributed by atoms with Gasteiger partial charge < -0.3 is 10.0 Å². The summed E-state index contributed by atoms with van der Waals surface area (Å²) in [6.07, 6.45) is 6.92. The fourth-order valence-corrected chi connectivity index (χ4v) is 3.18. The highest BCUT2D eigenvalue weighted by Gasteiger charge is 2.20. The lowest BCUT2D eigenvalue weighted by atomic mass is 10.1. The number of rotatable bonds is 2. The Morgan fingerprint density at radius 2 is 2.00 bits per heavy atom. The van der Waals surface area contributed by atoms with E-state index in [0.717, 1.165) is 28.7 Å². The van der Waals surface area contributed by atoms with Gasteiger partial charge in [-0.25, -0.2) is 4.98 Å². The van der Waals surface area contributed by atoms with Crippen molar-refractivity contribution >= 4 is 16.6 Å². The highest BCUT2D eigenvalue weighted by Crippen LogP contribution is 2.30. The van der Waals surface area contributed by atoms with Gasteiger partial charge in [-0.15, -0.1) is 0 Å². The molecule has 2 heterocycles. The maximum Gasteiger partial charge on any atom is 0.136 e. The van der Waals surface area contributed by atoms with Crippen molar-refractivity contribution < 1.29 is 5.11 Å². The Morgan fingerprint density at radius 1 is 1.20 bits per heavy atom. The number of pyridine rings is 1. The van der Waals surface area contributed by atoms with Crippen LogP contribution in [0.3, 0.4) is 0 Å². The van der Waals surface area contributed by atoms with Crippen molar-refractivity contribution in [3.8, 4) is 0 Å². The van der Waals surface area contributed by atoms with Gasteiger partial charge in [-0.1, -0.05) is 37.1 Å². The quantitative estimate of drug-likeness (QED) is 0.907. The number of benzene rings is 1. The smallest absolute Gasteiger partial charge is 0.136 e. The third kappa shape index (κ3) is 2.38. The number of nitrogens with zero attached hydrogens (tertiary/aromatic N) is 2. The summed E-state index contributed by atoms with van der Waals surface area (Å²) < 4.78 is 0. The molecule has 3 rings (SSSR count). The fourth-order valence-electron chi connectivity index (χ4n) is 3.18. The molecule has 0 saturated carbocycles. The van der Waals surface area contributed by atoms with Crippen LogP contribution in [-0.2, 0) is 6.61 Å². The number of fused-ring (bicyclic) bond motifs is 1. The maximum absolute atomic E-state index is 9.48. The van der Waals surface area contributed by atoms with Crippen LogP contribution in [0.15, 0.2) is 30.5 Å². The SMILES string of the molecule is CC1CCCCCN1c1ncc(CO)c2ccccc12. The van der Waals surface area contributed by atoms with Gasteiger partial charge >= 0.3 is 0 Å². The molecule has 1 aliphatic rings. The zero-order chi connectivity index (χ0) is 13.9. The zero-order valence-electron chi connectivity index (χ0n) is 12.0. The van der Waals surface area contributed by atoms with Gasteiger partial charge in [0.05, 0.1) is 6.61 Å². The Labute approximate surface area is 120 Å². The minimum absolute atomic E-state index is 0.0450. The van der Waals surface area contributed by atoms with Crippen LogP contribution in [0.1, 0.15) is 38.2 Å². The van der Waals surface area contributed by atoms with Crippen molar-refractivity contribution in [2.24, 2.45) is 0 Å². The molecule has 1 aliphatic heterocycles. The molecule has 1 aromatic heterocycles.